The molecule has 1 aromatic rings. The summed E-state index contributed by atoms with van der Waals surface area (Å²) < 4.78 is 5.88. The smallest absolute Gasteiger partial charge is 0.0897 e. The summed E-state index contributed by atoms with van der Waals surface area (Å²) in [5.74, 6) is 0.650. The van der Waals surface area contributed by atoms with Crippen molar-refractivity contribution in [3.05, 3.63) is 16.1 Å². The first-order valence-corrected chi connectivity index (χ1v) is 7.15. The Kier molecular flexibility index (Phi) is 3.42. The minimum atomic E-state index is 0.428. The van der Waals surface area contributed by atoms with Gasteiger partial charge in [0.05, 0.1) is 23.4 Å². The standard InChI is InChI=1S/C12H19N3OS/c1-9-14-11(8-17-9)7-15-2-3-16-12-5-13-4-10(12)6-15/h8,10,12-13H,2-7H2,1H3/t10-,12-/m1/s1. The molecule has 2 atom stereocenters. The zero-order valence-corrected chi connectivity index (χ0v) is 11.0. The number of nitrogens with zero attached hydrogens (tertiary/aromatic N) is 2. The van der Waals surface area contributed by atoms with E-state index in [9.17, 15) is 0 Å². The van der Waals surface area contributed by atoms with Gasteiger partial charge in [0, 0.05) is 44.0 Å². The summed E-state index contributed by atoms with van der Waals surface area (Å²) in [5.41, 5.74) is 1.21. The predicted octanol–water partition coefficient (Wildman–Crippen LogP) is 0.872. The molecule has 3 heterocycles. The van der Waals surface area contributed by atoms with Crippen LogP contribution < -0.4 is 5.32 Å². The van der Waals surface area contributed by atoms with E-state index >= 15 is 0 Å². The van der Waals surface area contributed by atoms with E-state index in [1.54, 1.807) is 11.3 Å². The fraction of sp³-hybridized carbons (Fsp3) is 0.750. The zero-order valence-electron chi connectivity index (χ0n) is 10.2. The zero-order chi connectivity index (χ0) is 11.7. The van der Waals surface area contributed by atoms with Gasteiger partial charge in [0.15, 0.2) is 0 Å². The van der Waals surface area contributed by atoms with Gasteiger partial charge >= 0.3 is 0 Å². The van der Waals surface area contributed by atoms with E-state index in [0.717, 1.165) is 44.3 Å². The van der Waals surface area contributed by atoms with Crippen LogP contribution in [0.4, 0.5) is 0 Å². The summed E-state index contributed by atoms with van der Waals surface area (Å²) in [6, 6.07) is 0. The largest absolute Gasteiger partial charge is 0.375 e. The second kappa shape index (κ2) is 5.02. The Balaban J connectivity index is 1.63. The maximum absolute atomic E-state index is 5.88. The molecular weight excluding hydrogens is 234 g/mol. The molecule has 0 bridgehead atoms. The van der Waals surface area contributed by atoms with Crippen LogP contribution in [0.15, 0.2) is 5.38 Å². The fourth-order valence-corrected chi connectivity index (χ4v) is 3.30. The van der Waals surface area contributed by atoms with Gasteiger partial charge in [-0.1, -0.05) is 0 Å². The third kappa shape index (κ3) is 2.68. The van der Waals surface area contributed by atoms with Crippen molar-refractivity contribution in [3.63, 3.8) is 0 Å². The molecule has 2 aliphatic heterocycles. The van der Waals surface area contributed by atoms with Gasteiger partial charge in [-0.25, -0.2) is 4.98 Å². The van der Waals surface area contributed by atoms with Gasteiger partial charge in [0.25, 0.3) is 0 Å². The normalized spacial score (nSPS) is 30.2. The molecule has 3 rings (SSSR count). The maximum Gasteiger partial charge on any atom is 0.0897 e. The van der Waals surface area contributed by atoms with Crippen molar-refractivity contribution < 1.29 is 4.74 Å². The Hall–Kier alpha value is -0.490. The molecule has 2 saturated heterocycles. The number of hydrogen-bond acceptors (Lipinski definition) is 5. The van der Waals surface area contributed by atoms with Crippen LogP contribution in [0.2, 0.25) is 0 Å². The number of thiazole rings is 1. The average Bonchev–Trinajstić information content (AvgIpc) is 2.85. The Labute approximate surface area is 106 Å². The Morgan fingerprint density at radius 2 is 2.53 bits per heavy atom. The number of nitrogens with one attached hydrogen (secondary N) is 1. The molecule has 1 N–H and O–H groups in total. The van der Waals surface area contributed by atoms with Crippen molar-refractivity contribution in [2.24, 2.45) is 5.92 Å². The van der Waals surface area contributed by atoms with E-state index in [1.165, 1.54) is 5.69 Å². The van der Waals surface area contributed by atoms with E-state index < -0.39 is 0 Å². The van der Waals surface area contributed by atoms with Crippen molar-refractivity contribution in [1.29, 1.82) is 0 Å². The van der Waals surface area contributed by atoms with Crippen LogP contribution in [0, 0.1) is 12.8 Å². The number of ether oxygens (including phenoxy) is 1. The lowest BCUT2D eigenvalue weighted by atomic mass is 10.1. The third-order valence-electron chi connectivity index (χ3n) is 3.56. The lowest BCUT2D eigenvalue weighted by Crippen LogP contribution is -2.32. The second-order valence-electron chi connectivity index (χ2n) is 4.92. The highest BCUT2D eigenvalue weighted by atomic mass is 32.1. The molecule has 2 fully saturated rings. The van der Waals surface area contributed by atoms with Crippen LogP contribution in [0.25, 0.3) is 0 Å². The number of aryl methyl sites for hydroxylation is 1. The van der Waals surface area contributed by atoms with Gasteiger partial charge in [-0.2, -0.15) is 0 Å². The molecule has 17 heavy (non-hydrogen) atoms. The van der Waals surface area contributed by atoms with Crippen molar-refractivity contribution in [1.82, 2.24) is 15.2 Å². The summed E-state index contributed by atoms with van der Waals surface area (Å²) in [6.07, 6.45) is 0.428. The number of aromatic nitrogens is 1. The molecule has 0 aromatic carbocycles. The molecule has 5 heteroatoms. The molecule has 0 amide bonds. The summed E-state index contributed by atoms with van der Waals surface area (Å²) >= 11 is 1.74. The van der Waals surface area contributed by atoms with Gasteiger partial charge < -0.3 is 10.1 Å². The lowest BCUT2D eigenvalue weighted by molar-refractivity contribution is 0.0571. The lowest BCUT2D eigenvalue weighted by Gasteiger charge is -2.21. The van der Waals surface area contributed by atoms with Gasteiger partial charge in [-0.15, -0.1) is 11.3 Å². The highest BCUT2D eigenvalue weighted by Crippen LogP contribution is 2.19. The van der Waals surface area contributed by atoms with Crippen LogP contribution in [-0.4, -0.2) is 48.8 Å². The first-order valence-electron chi connectivity index (χ1n) is 6.27. The van der Waals surface area contributed by atoms with E-state index in [0.29, 0.717) is 12.0 Å². The van der Waals surface area contributed by atoms with Gasteiger partial charge in [-0.05, 0) is 6.92 Å². The third-order valence-corrected chi connectivity index (χ3v) is 4.38. The van der Waals surface area contributed by atoms with Crippen molar-refractivity contribution in [2.75, 3.05) is 32.8 Å². The van der Waals surface area contributed by atoms with E-state index in [2.05, 4.69) is 27.5 Å². The van der Waals surface area contributed by atoms with Gasteiger partial charge in [-0.3, -0.25) is 4.90 Å². The minimum Gasteiger partial charge on any atom is -0.375 e. The summed E-state index contributed by atoms with van der Waals surface area (Å²) in [7, 11) is 0. The van der Waals surface area contributed by atoms with E-state index in [4.69, 9.17) is 4.74 Å². The Morgan fingerprint density at radius 1 is 1.59 bits per heavy atom. The maximum atomic E-state index is 5.88. The number of fused-ring (bicyclic) bond motifs is 1. The number of hydrogen-bond donors (Lipinski definition) is 1. The van der Waals surface area contributed by atoms with Crippen molar-refractivity contribution >= 4 is 11.3 Å². The molecule has 2 aliphatic rings. The molecular formula is C12H19N3OS. The minimum absolute atomic E-state index is 0.428. The Morgan fingerprint density at radius 3 is 3.35 bits per heavy atom. The SMILES string of the molecule is Cc1nc(CN2CCO[C@@H]3CNC[C@@H]3C2)cs1. The molecule has 4 nitrogen and oxygen atoms in total. The fourth-order valence-electron chi connectivity index (χ4n) is 2.70. The average molecular weight is 253 g/mol. The molecule has 94 valence electrons. The molecule has 0 unspecified atom stereocenters. The summed E-state index contributed by atoms with van der Waals surface area (Å²) in [6.45, 7) is 8.17. The van der Waals surface area contributed by atoms with Crippen molar-refractivity contribution in [2.45, 2.75) is 19.6 Å². The van der Waals surface area contributed by atoms with E-state index in [1.807, 2.05) is 0 Å². The quantitative estimate of drug-likeness (QED) is 0.849. The first-order chi connectivity index (χ1) is 8.31. The van der Waals surface area contributed by atoms with Crippen LogP contribution in [-0.2, 0) is 11.3 Å². The predicted molar refractivity (Wildman–Crippen MR) is 68.2 cm³/mol. The second-order valence-corrected chi connectivity index (χ2v) is 5.98. The molecule has 0 aliphatic carbocycles. The number of rotatable bonds is 2. The van der Waals surface area contributed by atoms with Crippen LogP contribution in [0.3, 0.4) is 0 Å². The Bertz CT molecular complexity index is 382. The molecule has 1 aromatic heterocycles. The van der Waals surface area contributed by atoms with Crippen molar-refractivity contribution in [3.8, 4) is 0 Å². The highest BCUT2D eigenvalue weighted by molar-refractivity contribution is 7.09. The molecule has 0 radical (unpaired) electrons. The van der Waals surface area contributed by atoms with Gasteiger partial charge in [0.1, 0.15) is 0 Å². The summed E-state index contributed by atoms with van der Waals surface area (Å²) in [4.78, 5) is 7.02. The van der Waals surface area contributed by atoms with Crippen LogP contribution in [0.5, 0.6) is 0 Å². The molecule has 0 saturated carbocycles. The van der Waals surface area contributed by atoms with Crippen LogP contribution >= 0.6 is 11.3 Å². The molecule has 0 spiro atoms. The van der Waals surface area contributed by atoms with Gasteiger partial charge in [0.2, 0.25) is 0 Å². The topological polar surface area (TPSA) is 37.4 Å². The first kappa shape index (κ1) is 11.6. The monoisotopic (exact) mass is 253 g/mol. The highest BCUT2D eigenvalue weighted by Gasteiger charge is 2.31. The van der Waals surface area contributed by atoms with Crippen LogP contribution in [0.1, 0.15) is 10.7 Å². The van der Waals surface area contributed by atoms with E-state index in [-0.39, 0.29) is 0 Å². The summed E-state index contributed by atoms with van der Waals surface area (Å²) in [5, 5.41) is 6.75.